The summed E-state index contributed by atoms with van der Waals surface area (Å²) in [5.74, 6) is 0.442. The van der Waals surface area contributed by atoms with Gasteiger partial charge in [-0.15, -0.1) is 0 Å². The monoisotopic (exact) mass is 271 g/mol. The van der Waals surface area contributed by atoms with Crippen LogP contribution < -0.4 is 10.6 Å². The third kappa shape index (κ3) is 10.3. The summed E-state index contributed by atoms with van der Waals surface area (Å²) in [4.78, 5) is 4.21. The predicted molar refractivity (Wildman–Crippen MR) is 67.6 cm³/mol. The molecule has 0 amide bonds. The van der Waals surface area contributed by atoms with Gasteiger partial charge >= 0.3 is 6.18 Å². The lowest BCUT2D eigenvalue weighted by atomic mass is 10.4. The minimum Gasteiger partial charge on any atom is -0.357 e. The molecule has 0 aromatic carbocycles. The summed E-state index contributed by atoms with van der Waals surface area (Å²) in [6, 6.07) is 0. The van der Waals surface area contributed by atoms with Gasteiger partial charge in [0.15, 0.2) is 5.96 Å². The summed E-state index contributed by atoms with van der Waals surface area (Å²) in [6.07, 6.45) is -3.00. The first-order valence-corrected chi connectivity index (χ1v) is 6.79. The molecule has 2 N–H and O–H groups in total. The molecule has 0 aromatic rings. The number of rotatable bonds is 6. The first kappa shape index (κ1) is 16.4. The highest BCUT2D eigenvalue weighted by Gasteiger charge is 2.26. The Bertz CT molecular complexity index is 231. The quantitative estimate of drug-likeness (QED) is 0.574. The van der Waals surface area contributed by atoms with E-state index >= 15 is 0 Å². The summed E-state index contributed by atoms with van der Waals surface area (Å²) in [7, 11) is 0. The summed E-state index contributed by atoms with van der Waals surface area (Å²) < 4.78 is 35.9. The van der Waals surface area contributed by atoms with Gasteiger partial charge in [-0.2, -0.15) is 24.9 Å². The molecule has 0 aliphatic heterocycles. The van der Waals surface area contributed by atoms with Gasteiger partial charge in [0.25, 0.3) is 0 Å². The van der Waals surface area contributed by atoms with E-state index in [1.165, 1.54) is 0 Å². The Hall–Kier alpha value is -0.590. The predicted octanol–water partition coefficient (Wildman–Crippen LogP) is 2.25. The molecule has 7 heteroatoms. The van der Waals surface area contributed by atoms with Crippen molar-refractivity contribution in [1.29, 1.82) is 0 Å². The second kappa shape index (κ2) is 8.49. The van der Waals surface area contributed by atoms with Crippen LogP contribution in [-0.2, 0) is 0 Å². The molecule has 0 aliphatic rings. The molecule has 0 saturated heterocycles. The van der Waals surface area contributed by atoms with E-state index in [4.69, 9.17) is 0 Å². The van der Waals surface area contributed by atoms with Crippen molar-refractivity contribution in [2.45, 2.75) is 31.7 Å². The van der Waals surface area contributed by atoms with Gasteiger partial charge in [0.1, 0.15) is 0 Å². The van der Waals surface area contributed by atoms with Gasteiger partial charge in [-0.05, 0) is 13.2 Å². The Morgan fingerprint density at radius 2 is 2.00 bits per heavy atom. The molecule has 3 nitrogen and oxygen atoms in total. The fourth-order valence-corrected chi connectivity index (χ4v) is 1.18. The highest BCUT2D eigenvalue weighted by molar-refractivity contribution is 7.99. The van der Waals surface area contributed by atoms with E-state index in [0.717, 1.165) is 0 Å². The molecule has 1 atom stereocenters. The molecule has 1 unspecified atom stereocenters. The second-order valence-electron chi connectivity index (χ2n) is 3.56. The normalized spacial score (nSPS) is 14.6. The van der Waals surface area contributed by atoms with Crippen LogP contribution in [0, 0.1) is 0 Å². The number of halogens is 3. The number of thioether (sulfide) groups is 1. The number of guanidine groups is 1. The van der Waals surface area contributed by atoms with Crippen molar-refractivity contribution >= 4 is 17.7 Å². The Kier molecular flexibility index (Phi) is 8.20. The van der Waals surface area contributed by atoms with Gasteiger partial charge < -0.3 is 10.6 Å². The number of hydrogen-bond acceptors (Lipinski definition) is 2. The summed E-state index contributed by atoms with van der Waals surface area (Å²) >= 11 is 1.67. The Morgan fingerprint density at radius 1 is 1.35 bits per heavy atom. The summed E-state index contributed by atoms with van der Waals surface area (Å²) in [5.41, 5.74) is 0. The number of aliphatic imine (C=N–C) groups is 1. The lowest BCUT2D eigenvalue weighted by molar-refractivity contribution is -0.132. The fourth-order valence-electron chi connectivity index (χ4n) is 0.959. The third-order valence-electron chi connectivity index (χ3n) is 1.95. The molecule has 0 aliphatic carbocycles. The highest BCUT2D eigenvalue weighted by Crippen LogP contribution is 2.18. The van der Waals surface area contributed by atoms with Crippen molar-refractivity contribution in [3.63, 3.8) is 0 Å². The zero-order valence-electron chi connectivity index (χ0n) is 10.4. The Labute approximate surface area is 105 Å². The Balaban J connectivity index is 4.05. The molecule has 0 radical (unpaired) electrons. The van der Waals surface area contributed by atoms with E-state index < -0.39 is 12.6 Å². The molecule has 0 rings (SSSR count). The SMILES string of the molecule is CCNC(=NCC(C)SC)NCCC(F)(F)F. The Morgan fingerprint density at radius 3 is 2.47 bits per heavy atom. The van der Waals surface area contributed by atoms with Crippen LogP contribution >= 0.6 is 11.8 Å². The average Bonchev–Trinajstić information content (AvgIpc) is 2.23. The smallest absolute Gasteiger partial charge is 0.357 e. The molecular formula is C10H20F3N3S. The number of nitrogens with one attached hydrogen (secondary N) is 2. The maximum atomic E-state index is 12.0. The third-order valence-corrected chi connectivity index (χ3v) is 2.91. The largest absolute Gasteiger partial charge is 0.390 e. The number of hydrogen-bond donors (Lipinski definition) is 2. The molecular weight excluding hydrogens is 251 g/mol. The zero-order chi connectivity index (χ0) is 13.3. The van der Waals surface area contributed by atoms with Gasteiger partial charge in [-0.1, -0.05) is 6.92 Å². The standard InChI is InChI=1S/C10H20F3N3S/c1-4-14-9(16-7-8(2)17-3)15-6-5-10(11,12)13/h8H,4-7H2,1-3H3,(H2,14,15,16). The van der Waals surface area contributed by atoms with Crippen molar-refractivity contribution in [1.82, 2.24) is 10.6 Å². The molecule has 17 heavy (non-hydrogen) atoms. The van der Waals surface area contributed by atoms with Crippen molar-refractivity contribution in [3.05, 3.63) is 0 Å². The fraction of sp³-hybridized carbons (Fsp3) is 0.900. The van der Waals surface area contributed by atoms with Crippen molar-refractivity contribution in [3.8, 4) is 0 Å². The molecule has 0 aromatic heterocycles. The number of alkyl halides is 3. The van der Waals surface area contributed by atoms with Crippen LogP contribution in [0.15, 0.2) is 4.99 Å². The van der Waals surface area contributed by atoms with Crippen LogP contribution in [0.3, 0.4) is 0 Å². The topological polar surface area (TPSA) is 36.4 Å². The molecule has 0 heterocycles. The first-order valence-electron chi connectivity index (χ1n) is 5.50. The summed E-state index contributed by atoms with van der Waals surface area (Å²) in [6.45, 7) is 4.96. The minimum absolute atomic E-state index is 0.150. The van der Waals surface area contributed by atoms with Crippen LogP contribution in [-0.4, -0.2) is 43.3 Å². The average molecular weight is 271 g/mol. The lowest BCUT2D eigenvalue weighted by Crippen LogP contribution is -2.39. The van der Waals surface area contributed by atoms with Gasteiger partial charge in [-0.25, -0.2) is 0 Å². The van der Waals surface area contributed by atoms with Crippen LogP contribution in [0.4, 0.5) is 13.2 Å². The van der Waals surface area contributed by atoms with Crippen LogP contribution in [0.25, 0.3) is 0 Å². The van der Waals surface area contributed by atoms with Crippen molar-refractivity contribution < 1.29 is 13.2 Å². The molecule has 0 spiro atoms. The maximum absolute atomic E-state index is 12.0. The second-order valence-corrected chi connectivity index (χ2v) is 4.83. The number of nitrogens with zero attached hydrogens (tertiary/aromatic N) is 1. The molecule has 0 bridgehead atoms. The van der Waals surface area contributed by atoms with E-state index in [1.807, 2.05) is 20.1 Å². The van der Waals surface area contributed by atoms with E-state index in [1.54, 1.807) is 11.8 Å². The van der Waals surface area contributed by atoms with E-state index in [0.29, 0.717) is 24.3 Å². The van der Waals surface area contributed by atoms with Crippen molar-refractivity contribution in [2.24, 2.45) is 4.99 Å². The van der Waals surface area contributed by atoms with Gasteiger partial charge in [0, 0.05) is 18.3 Å². The van der Waals surface area contributed by atoms with Crippen molar-refractivity contribution in [2.75, 3.05) is 25.9 Å². The van der Waals surface area contributed by atoms with Crippen LogP contribution in [0.5, 0.6) is 0 Å². The van der Waals surface area contributed by atoms with Gasteiger partial charge in [0.05, 0.1) is 13.0 Å². The first-order chi connectivity index (χ1) is 7.89. The van der Waals surface area contributed by atoms with E-state index in [9.17, 15) is 13.2 Å². The highest BCUT2D eigenvalue weighted by atomic mass is 32.2. The van der Waals surface area contributed by atoms with Gasteiger partial charge in [0.2, 0.25) is 0 Å². The molecule has 0 fully saturated rings. The van der Waals surface area contributed by atoms with Gasteiger partial charge in [-0.3, -0.25) is 4.99 Å². The zero-order valence-corrected chi connectivity index (χ0v) is 11.2. The maximum Gasteiger partial charge on any atom is 0.390 e. The van der Waals surface area contributed by atoms with Crippen LogP contribution in [0.2, 0.25) is 0 Å². The molecule has 0 saturated carbocycles. The molecule has 102 valence electrons. The van der Waals surface area contributed by atoms with Crippen LogP contribution in [0.1, 0.15) is 20.3 Å². The minimum atomic E-state index is -4.13. The lowest BCUT2D eigenvalue weighted by Gasteiger charge is -2.13. The summed E-state index contributed by atoms with van der Waals surface area (Å²) in [5, 5.41) is 5.93. The van der Waals surface area contributed by atoms with E-state index in [-0.39, 0.29) is 6.54 Å². The van der Waals surface area contributed by atoms with E-state index in [2.05, 4.69) is 15.6 Å².